The minimum atomic E-state index is -1.52. The molecule has 11 nitrogen and oxygen atoms in total. The van der Waals surface area contributed by atoms with Gasteiger partial charge < -0.3 is 30.3 Å². The number of fused-ring (bicyclic) bond motifs is 1. The van der Waals surface area contributed by atoms with Gasteiger partial charge in [-0.25, -0.2) is 18.2 Å². The lowest BCUT2D eigenvalue weighted by Crippen LogP contribution is -2.60. The van der Waals surface area contributed by atoms with Gasteiger partial charge in [-0.1, -0.05) is 13.0 Å². The maximum absolute atomic E-state index is 15.3. The molecule has 4 heterocycles. The third kappa shape index (κ3) is 5.86. The van der Waals surface area contributed by atoms with Crippen molar-refractivity contribution in [3.8, 4) is 5.75 Å². The lowest BCUT2D eigenvalue weighted by molar-refractivity contribution is -0.169. The van der Waals surface area contributed by atoms with E-state index in [0.717, 1.165) is 19.2 Å². The summed E-state index contributed by atoms with van der Waals surface area (Å²) in [6, 6.07) is 6.29. The first-order chi connectivity index (χ1) is 21.3. The van der Waals surface area contributed by atoms with Crippen LogP contribution in [0.1, 0.15) is 19.8 Å². The van der Waals surface area contributed by atoms with Gasteiger partial charge in [-0.15, -0.1) is 0 Å². The number of halogens is 3. The molecule has 44 heavy (non-hydrogen) atoms. The summed E-state index contributed by atoms with van der Waals surface area (Å²) in [7, 11) is 0. The number of nitrogens with one attached hydrogen (secondary N) is 4. The molecule has 232 valence electrons. The Morgan fingerprint density at radius 2 is 1.93 bits per heavy atom. The van der Waals surface area contributed by atoms with Crippen molar-refractivity contribution in [2.75, 3.05) is 43.5 Å². The molecule has 3 aliphatic rings. The Bertz CT molecular complexity index is 1610. The lowest BCUT2D eigenvalue weighted by atomic mass is 9.83. The topological polar surface area (TPSA) is 134 Å². The SMILES string of the molecule is CCN1CCC(Nc2n[nH]c3nccc(OC4CC=C(NC(=O)C5(C(=O)Nc6ccc(F)cc6)COC5)C=C4F)c23)C(F)C1. The van der Waals surface area contributed by atoms with Gasteiger partial charge in [0.15, 0.2) is 23.0 Å². The third-order valence-electron chi connectivity index (χ3n) is 8.17. The highest BCUT2D eigenvalue weighted by molar-refractivity contribution is 6.12. The number of H-pyrrole nitrogens is 1. The molecular formula is C30H32F3N7O4. The van der Waals surface area contributed by atoms with E-state index in [1.165, 1.54) is 30.5 Å². The summed E-state index contributed by atoms with van der Waals surface area (Å²) in [5.74, 6) is -1.69. The van der Waals surface area contributed by atoms with Gasteiger partial charge in [0.25, 0.3) is 0 Å². The van der Waals surface area contributed by atoms with E-state index in [1.54, 1.807) is 12.1 Å². The monoisotopic (exact) mass is 611 g/mol. The highest BCUT2D eigenvalue weighted by atomic mass is 19.1. The molecule has 2 fully saturated rings. The Morgan fingerprint density at radius 3 is 2.61 bits per heavy atom. The van der Waals surface area contributed by atoms with Crippen molar-refractivity contribution in [3.63, 3.8) is 0 Å². The summed E-state index contributed by atoms with van der Waals surface area (Å²) in [6.45, 7) is 3.55. The molecule has 2 aliphatic heterocycles. The number of pyridine rings is 1. The molecule has 14 heteroatoms. The second kappa shape index (κ2) is 12.3. The zero-order chi connectivity index (χ0) is 30.8. The molecule has 3 aromatic rings. The van der Waals surface area contributed by atoms with Gasteiger partial charge >= 0.3 is 0 Å². The van der Waals surface area contributed by atoms with Gasteiger partial charge in [0, 0.05) is 37.1 Å². The molecule has 3 atom stereocenters. The van der Waals surface area contributed by atoms with Crippen LogP contribution in [0.25, 0.3) is 11.0 Å². The number of likely N-dealkylation sites (tertiary alicyclic amines) is 1. The average molecular weight is 612 g/mol. The van der Waals surface area contributed by atoms with Gasteiger partial charge in [0.2, 0.25) is 11.8 Å². The summed E-state index contributed by atoms with van der Waals surface area (Å²) in [4.78, 5) is 32.5. The van der Waals surface area contributed by atoms with E-state index in [2.05, 4.69) is 31.1 Å². The quantitative estimate of drug-likeness (QED) is 0.270. The van der Waals surface area contributed by atoms with Crippen LogP contribution in [-0.4, -0.2) is 83.1 Å². The van der Waals surface area contributed by atoms with E-state index in [-0.39, 0.29) is 25.3 Å². The van der Waals surface area contributed by atoms with Crippen molar-refractivity contribution in [2.45, 2.75) is 38.1 Å². The summed E-state index contributed by atoms with van der Waals surface area (Å²) in [6.07, 6.45) is 2.82. The average Bonchev–Trinajstić information content (AvgIpc) is 3.39. The first-order valence-electron chi connectivity index (χ1n) is 14.4. The van der Waals surface area contributed by atoms with Gasteiger partial charge in [-0.3, -0.25) is 14.7 Å². The summed E-state index contributed by atoms with van der Waals surface area (Å²) < 4.78 is 54.6. The molecule has 0 saturated carbocycles. The second-order valence-corrected chi connectivity index (χ2v) is 11.1. The Morgan fingerprint density at radius 1 is 1.16 bits per heavy atom. The van der Waals surface area contributed by atoms with Crippen molar-refractivity contribution in [3.05, 3.63) is 66.0 Å². The molecule has 6 rings (SSSR count). The van der Waals surface area contributed by atoms with Crippen LogP contribution in [0, 0.1) is 11.2 Å². The number of carbonyl (C=O) groups excluding carboxylic acids is 2. The molecule has 4 N–H and O–H groups in total. The number of alkyl halides is 1. The summed E-state index contributed by atoms with van der Waals surface area (Å²) >= 11 is 0. The van der Waals surface area contributed by atoms with Gasteiger partial charge in [0.1, 0.15) is 29.0 Å². The lowest BCUT2D eigenvalue weighted by Gasteiger charge is -2.38. The van der Waals surface area contributed by atoms with Crippen LogP contribution in [0.15, 0.2) is 60.2 Å². The number of nitrogens with zero attached hydrogens (tertiary/aromatic N) is 3. The zero-order valence-corrected chi connectivity index (χ0v) is 23.9. The first-order valence-corrected chi connectivity index (χ1v) is 14.4. The molecule has 3 unspecified atom stereocenters. The summed E-state index contributed by atoms with van der Waals surface area (Å²) in [5, 5.41) is 16.0. The predicted octanol–water partition coefficient (Wildman–Crippen LogP) is 3.60. The van der Waals surface area contributed by atoms with Crippen LogP contribution in [-0.2, 0) is 14.3 Å². The number of benzene rings is 1. The van der Waals surface area contributed by atoms with E-state index in [9.17, 15) is 18.4 Å². The Kier molecular flexibility index (Phi) is 8.27. The number of carbonyl (C=O) groups is 2. The number of piperidine rings is 1. The normalized spacial score (nSPS) is 23.2. The second-order valence-electron chi connectivity index (χ2n) is 11.1. The molecular weight excluding hydrogens is 579 g/mol. The number of hydrogen-bond acceptors (Lipinski definition) is 8. The Hall–Kier alpha value is -4.43. The highest BCUT2D eigenvalue weighted by Gasteiger charge is 2.53. The number of hydrogen-bond donors (Lipinski definition) is 4. The number of anilines is 2. The fraction of sp³-hybridized carbons (Fsp3) is 0.400. The van der Waals surface area contributed by atoms with Crippen LogP contribution in [0.4, 0.5) is 24.7 Å². The van der Waals surface area contributed by atoms with Gasteiger partial charge in [-0.05, 0) is 49.4 Å². The van der Waals surface area contributed by atoms with Crippen molar-refractivity contribution >= 4 is 34.4 Å². The molecule has 0 bridgehead atoms. The molecule has 2 amide bonds. The zero-order valence-electron chi connectivity index (χ0n) is 23.9. The molecule has 1 aliphatic carbocycles. The summed E-state index contributed by atoms with van der Waals surface area (Å²) in [5.41, 5.74) is -0.620. The first kappa shape index (κ1) is 29.6. The predicted molar refractivity (Wildman–Crippen MR) is 156 cm³/mol. The van der Waals surface area contributed by atoms with Crippen LogP contribution in [0.5, 0.6) is 5.75 Å². The number of rotatable bonds is 9. The van der Waals surface area contributed by atoms with Crippen LogP contribution in [0.2, 0.25) is 0 Å². The van der Waals surface area contributed by atoms with E-state index in [1.807, 2.05) is 11.8 Å². The number of amides is 2. The van der Waals surface area contributed by atoms with Crippen molar-refractivity contribution in [2.24, 2.45) is 5.41 Å². The standard InChI is InChI=1S/C30H32F3N7O4/c1-2-40-12-10-22(21(33)14-40)37-27-25-24(9-11-34-26(25)38-39-27)44-23-8-7-19(13-20(23)32)36-29(42)30(15-43-16-30)28(41)35-18-5-3-17(31)4-6-18/h3-7,9,11,13,21-23H,2,8,10,12,14-16H2,1H3,(H,35,41)(H,36,42)(H2,34,37,38,39). The van der Waals surface area contributed by atoms with Crippen molar-refractivity contribution in [1.29, 1.82) is 0 Å². The fourth-order valence-electron chi connectivity index (χ4n) is 5.42. The fourth-order valence-corrected chi connectivity index (χ4v) is 5.42. The molecule has 1 aromatic carbocycles. The van der Waals surface area contributed by atoms with Crippen molar-refractivity contribution < 1.29 is 32.2 Å². The van der Waals surface area contributed by atoms with Gasteiger partial charge in [-0.2, -0.15) is 5.10 Å². The molecule has 2 aromatic heterocycles. The number of aromatic nitrogens is 3. The van der Waals surface area contributed by atoms with E-state index >= 15 is 4.39 Å². The minimum absolute atomic E-state index is 0.0791. The molecule has 0 spiro atoms. The van der Waals surface area contributed by atoms with Crippen LogP contribution >= 0.6 is 0 Å². The number of allylic oxidation sites excluding steroid dienone is 1. The molecule has 0 radical (unpaired) electrons. The number of aromatic amines is 1. The van der Waals surface area contributed by atoms with E-state index in [0.29, 0.717) is 41.3 Å². The van der Waals surface area contributed by atoms with E-state index < -0.39 is 47.2 Å². The van der Waals surface area contributed by atoms with Crippen molar-refractivity contribution in [1.82, 2.24) is 25.4 Å². The number of ether oxygens (including phenoxy) is 2. The Labute approximate surface area is 250 Å². The minimum Gasteiger partial charge on any atom is -0.482 e. The van der Waals surface area contributed by atoms with Gasteiger partial charge in [0.05, 0.1) is 19.3 Å². The smallest absolute Gasteiger partial charge is 0.244 e. The maximum atomic E-state index is 15.3. The molecule has 2 saturated heterocycles. The van der Waals surface area contributed by atoms with Crippen LogP contribution in [0.3, 0.4) is 0 Å². The third-order valence-corrected chi connectivity index (χ3v) is 8.17. The van der Waals surface area contributed by atoms with E-state index in [4.69, 9.17) is 9.47 Å². The largest absolute Gasteiger partial charge is 0.482 e. The maximum Gasteiger partial charge on any atom is 0.244 e. The highest BCUT2D eigenvalue weighted by Crippen LogP contribution is 2.35. The Balaban J connectivity index is 1.11. The van der Waals surface area contributed by atoms with Crippen LogP contribution < -0.4 is 20.7 Å².